The third-order valence-electron chi connectivity index (χ3n) is 4.02. The second-order valence-corrected chi connectivity index (χ2v) is 5.90. The van der Waals surface area contributed by atoms with Gasteiger partial charge in [0.15, 0.2) is 0 Å². The van der Waals surface area contributed by atoms with E-state index < -0.39 is 10.7 Å². The van der Waals surface area contributed by atoms with Gasteiger partial charge in [-0.2, -0.15) is 5.26 Å². The first-order chi connectivity index (χ1) is 13.6. The van der Waals surface area contributed by atoms with E-state index in [1.165, 1.54) is 24.3 Å². The summed E-state index contributed by atoms with van der Waals surface area (Å²) < 4.78 is 19.8. The summed E-state index contributed by atoms with van der Waals surface area (Å²) in [5, 5.41) is 20.4. The smallest absolute Gasteiger partial charge is 0.269 e. The largest absolute Gasteiger partial charge is 0.488 e. The number of para-hydroxylation sites is 1. The maximum absolute atomic E-state index is 14.0. The number of hydrogen-bond donors (Lipinski definition) is 0. The maximum atomic E-state index is 14.0. The van der Waals surface area contributed by atoms with Crippen molar-refractivity contribution in [1.29, 1.82) is 5.26 Å². The number of hydrogen-bond acceptors (Lipinski definition) is 4. The number of halogens is 1. The molecule has 6 heteroatoms. The molecule has 3 aromatic rings. The minimum Gasteiger partial charge on any atom is -0.488 e. The van der Waals surface area contributed by atoms with Gasteiger partial charge in [-0.15, -0.1) is 0 Å². The predicted molar refractivity (Wildman–Crippen MR) is 104 cm³/mol. The van der Waals surface area contributed by atoms with E-state index in [-0.39, 0.29) is 23.4 Å². The molecule has 28 heavy (non-hydrogen) atoms. The van der Waals surface area contributed by atoms with Gasteiger partial charge < -0.3 is 4.74 Å². The Morgan fingerprint density at radius 3 is 2.61 bits per heavy atom. The second kappa shape index (κ2) is 8.60. The SMILES string of the molecule is N#CC(=Cc1ccccc1OCc1cccc([N+](=O)[O-])c1)c1ccccc1F. The Kier molecular flexibility index (Phi) is 5.78. The Morgan fingerprint density at radius 1 is 1.11 bits per heavy atom. The molecule has 0 aliphatic carbocycles. The van der Waals surface area contributed by atoms with Crippen molar-refractivity contribution in [3.63, 3.8) is 0 Å². The molecule has 3 aromatic carbocycles. The van der Waals surface area contributed by atoms with Crippen molar-refractivity contribution in [2.75, 3.05) is 0 Å². The van der Waals surface area contributed by atoms with Crippen LogP contribution in [0.3, 0.4) is 0 Å². The van der Waals surface area contributed by atoms with Crippen molar-refractivity contribution < 1.29 is 14.1 Å². The Labute approximate surface area is 161 Å². The lowest BCUT2D eigenvalue weighted by Gasteiger charge is -2.10. The van der Waals surface area contributed by atoms with Gasteiger partial charge >= 0.3 is 0 Å². The second-order valence-electron chi connectivity index (χ2n) is 5.90. The minimum atomic E-state index is -0.481. The van der Waals surface area contributed by atoms with Crippen LogP contribution in [-0.4, -0.2) is 4.92 Å². The normalized spacial score (nSPS) is 10.9. The molecule has 0 aliphatic heterocycles. The topological polar surface area (TPSA) is 76.2 Å². The molecule has 0 saturated carbocycles. The number of nitriles is 1. The van der Waals surface area contributed by atoms with Crippen molar-refractivity contribution in [1.82, 2.24) is 0 Å². The van der Waals surface area contributed by atoms with Gasteiger partial charge in [0.05, 0.1) is 16.6 Å². The van der Waals surface area contributed by atoms with E-state index in [1.807, 2.05) is 6.07 Å². The van der Waals surface area contributed by atoms with Crippen LogP contribution in [0.4, 0.5) is 10.1 Å². The summed E-state index contributed by atoms with van der Waals surface area (Å²) in [7, 11) is 0. The van der Waals surface area contributed by atoms with Crippen molar-refractivity contribution >= 4 is 17.3 Å². The lowest BCUT2D eigenvalue weighted by molar-refractivity contribution is -0.384. The molecule has 0 spiro atoms. The summed E-state index contributed by atoms with van der Waals surface area (Å²) in [6.07, 6.45) is 1.56. The first kappa shape index (κ1) is 18.8. The summed E-state index contributed by atoms with van der Waals surface area (Å²) in [5.74, 6) is 0.00314. The van der Waals surface area contributed by atoms with Crippen LogP contribution in [0.2, 0.25) is 0 Å². The summed E-state index contributed by atoms with van der Waals surface area (Å²) in [5.41, 5.74) is 1.61. The molecule has 0 aromatic heterocycles. The number of nitro benzene ring substituents is 1. The van der Waals surface area contributed by atoms with Crippen molar-refractivity contribution in [3.05, 3.63) is 105 Å². The molecule has 0 heterocycles. The number of rotatable bonds is 6. The van der Waals surface area contributed by atoms with Crippen LogP contribution in [0.5, 0.6) is 5.75 Å². The highest BCUT2D eigenvalue weighted by molar-refractivity contribution is 5.90. The van der Waals surface area contributed by atoms with Crippen LogP contribution in [0, 0.1) is 27.3 Å². The summed E-state index contributed by atoms with van der Waals surface area (Å²) in [6.45, 7) is 0.119. The number of benzene rings is 3. The van der Waals surface area contributed by atoms with Crippen molar-refractivity contribution in [3.8, 4) is 11.8 Å². The highest BCUT2D eigenvalue weighted by Crippen LogP contribution is 2.26. The van der Waals surface area contributed by atoms with E-state index in [0.29, 0.717) is 16.9 Å². The minimum absolute atomic E-state index is 0.0133. The molecule has 0 fully saturated rings. The zero-order valence-corrected chi connectivity index (χ0v) is 14.7. The van der Waals surface area contributed by atoms with Crippen molar-refractivity contribution in [2.45, 2.75) is 6.61 Å². The van der Waals surface area contributed by atoms with Gasteiger partial charge in [0.25, 0.3) is 5.69 Å². The highest BCUT2D eigenvalue weighted by Gasteiger charge is 2.10. The van der Waals surface area contributed by atoms with E-state index in [1.54, 1.807) is 54.6 Å². The number of nitrogens with zero attached hydrogens (tertiary/aromatic N) is 2. The Balaban J connectivity index is 1.87. The quantitative estimate of drug-likeness (QED) is 0.251. The van der Waals surface area contributed by atoms with Gasteiger partial charge in [-0.3, -0.25) is 10.1 Å². The Hall–Kier alpha value is -3.98. The van der Waals surface area contributed by atoms with E-state index in [4.69, 9.17) is 4.74 Å². The Morgan fingerprint density at radius 2 is 1.86 bits per heavy atom. The van der Waals surface area contributed by atoms with Crippen LogP contribution in [0.25, 0.3) is 11.6 Å². The fourth-order valence-corrected chi connectivity index (χ4v) is 2.66. The standard InChI is InChI=1S/C22H15FN2O3/c23-21-10-3-2-9-20(21)18(14-24)13-17-7-1-4-11-22(17)28-15-16-6-5-8-19(12-16)25(26)27/h1-13H,15H2. The molecule has 0 radical (unpaired) electrons. The van der Waals surface area contributed by atoms with E-state index in [0.717, 1.165) is 0 Å². The van der Waals surface area contributed by atoms with Gasteiger partial charge in [0.2, 0.25) is 0 Å². The van der Waals surface area contributed by atoms with Crippen LogP contribution in [0.1, 0.15) is 16.7 Å². The molecule has 0 saturated heterocycles. The Bertz CT molecular complexity index is 1090. The first-order valence-corrected chi connectivity index (χ1v) is 8.40. The third-order valence-corrected chi connectivity index (χ3v) is 4.02. The molecule has 5 nitrogen and oxygen atoms in total. The highest BCUT2D eigenvalue weighted by atomic mass is 19.1. The fourth-order valence-electron chi connectivity index (χ4n) is 2.66. The van der Waals surface area contributed by atoms with E-state index >= 15 is 0 Å². The molecule has 0 bridgehead atoms. The van der Waals surface area contributed by atoms with Gasteiger partial charge in [-0.25, -0.2) is 4.39 Å². The molecule has 0 amide bonds. The molecule has 0 N–H and O–H groups in total. The van der Waals surface area contributed by atoms with Gasteiger partial charge in [0, 0.05) is 23.3 Å². The molecule has 3 rings (SSSR count). The molecular formula is C22H15FN2O3. The van der Waals surface area contributed by atoms with Crippen LogP contribution >= 0.6 is 0 Å². The zero-order valence-electron chi connectivity index (χ0n) is 14.7. The van der Waals surface area contributed by atoms with E-state index in [9.17, 15) is 19.8 Å². The zero-order chi connectivity index (χ0) is 19.9. The third kappa shape index (κ3) is 4.40. The first-order valence-electron chi connectivity index (χ1n) is 8.40. The van der Waals surface area contributed by atoms with Crippen molar-refractivity contribution in [2.24, 2.45) is 0 Å². The number of ether oxygens (including phenoxy) is 1. The lowest BCUT2D eigenvalue weighted by atomic mass is 10.0. The molecule has 0 unspecified atom stereocenters. The van der Waals surface area contributed by atoms with Crippen LogP contribution < -0.4 is 4.74 Å². The molecule has 0 atom stereocenters. The molecule has 138 valence electrons. The van der Waals surface area contributed by atoms with Gasteiger partial charge in [-0.1, -0.05) is 48.5 Å². The van der Waals surface area contributed by atoms with E-state index in [2.05, 4.69) is 0 Å². The maximum Gasteiger partial charge on any atom is 0.269 e. The monoisotopic (exact) mass is 374 g/mol. The van der Waals surface area contributed by atoms with Crippen LogP contribution in [-0.2, 0) is 6.61 Å². The molecular weight excluding hydrogens is 359 g/mol. The number of nitro groups is 1. The number of non-ortho nitro benzene ring substituents is 1. The number of allylic oxidation sites excluding steroid dienone is 1. The van der Waals surface area contributed by atoms with Gasteiger partial charge in [0.1, 0.15) is 18.2 Å². The summed E-state index contributed by atoms with van der Waals surface area (Å²) in [4.78, 5) is 10.4. The predicted octanol–water partition coefficient (Wildman–Crippen LogP) is 5.38. The summed E-state index contributed by atoms with van der Waals surface area (Å²) >= 11 is 0. The van der Waals surface area contributed by atoms with Gasteiger partial charge in [-0.05, 0) is 23.8 Å². The lowest BCUT2D eigenvalue weighted by Crippen LogP contribution is -1.98. The van der Waals surface area contributed by atoms with Crippen LogP contribution in [0.15, 0.2) is 72.8 Å². The average molecular weight is 374 g/mol. The molecule has 0 aliphatic rings. The summed E-state index contributed by atoms with van der Waals surface area (Å²) in [6, 6.07) is 21.3. The average Bonchev–Trinajstić information content (AvgIpc) is 2.72. The fraction of sp³-hybridized carbons (Fsp3) is 0.0455.